The number of nitrogens with zero attached hydrogens (tertiary/aromatic N) is 2. The Bertz CT molecular complexity index is 739. The number of rotatable bonds is 6. The van der Waals surface area contributed by atoms with Crippen molar-refractivity contribution in [1.29, 1.82) is 0 Å². The second-order valence-corrected chi connectivity index (χ2v) is 9.44. The maximum Gasteiger partial charge on any atom is 0.237 e. The number of amides is 1. The molecule has 3 fully saturated rings. The molecular formula is C24H35N3O2. The first kappa shape index (κ1) is 20.4. The first-order chi connectivity index (χ1) is 13.9. The quantitative estimate of drug-likeness (QED) is 0.748. The number of fused-ring (bicyclic) bond motifs is 2. The van der Waals surface area contributed by atoms with E-state index in [2.05, 4.69) is 22.0 Å². The van der Waals surface area contributed by atoms with Crippen LogP contribution in [0.3, 0.4) is 0 Å². The molecule has 29 heavy (non-hydrogen) atoms. The molecule has 0 aromatic heterocycles. The molecule has 5 atom stereocenters. The number of carbonyl (C=O) groups is 2. The van der Waals surface area contributed by atoms with Crippen LogP contribution in [-0.2, 0) is 4.79 Å². The van der Waals surface area contributed by atoms with Crippen LogP contribution in [0.1, 0.15) is 56.8 Å². The second kappa shape index (κ2) is 8.47. The van der Waals surface area contributed by atoms with Crippen molar-refractivity contribution in [1.82, 2.24) is 10.2 Å². The van der Waals surface area contributed by atoms with Crippen LogP contribution in [0.5, 0.6) is 0 Å². The van der Waals surface area contributed by atoms with Crippen LogP contribution >= 0.6 is 0 Å². The van der Waals surface area contributed by atoms with E-state index in [1.165, 1.54) is 25.7 Å². The van der Waals surface area contributed by atoms with Crippen LogP contribution in [0, 0.1) is 17.8 Å². The normalized spacial score (nSPS) is 28.9. The van der Waals surface area contributed by atoms with Gasteiger partial charge in [0, 0.05) is 43.5 Å². The number of Topliss-reactive ketones (excluding diaryl/α,β-unsaturated/α-hetero) is 1. The summed E-state index contributed by atoms with van der Waals surface area (Å²) >= 11 is 0. The molecule has 0 radical (unpaired) electrons. The third kappa shape index (κ3) is 4.35. The highest BCUT2D eigenvalue weighted by molar-refractivity contribution is 5.94. The summed E-state index contributed by atoms with van der Waals surface area (Å²) in [7, 11) is 0. The monoisotopic (exact) mass is 397 g/mol. The summed E-state index contributed by atoms with van der Waals surface area (Å²) < 4.78 is 0. The number of piperazine rings is 1. The number of hydrogen-bond acceptors (Lipinski definition) is 4. The fourth-order valence-electron chi connectivity index (χ4n) is 5.80. The predicted octanol–water partition coefficient (Wildman–Crippen LogP) is 3.34. The van der Waals surface area contributed by atoms with E-state index in [4.69, 9.17) is 0 Å². The highest BCUT2D eigenvalue weighted by Crippen LogP contribution is 2.49. The molecule has 1 aromatic carbocycles. The van der Waals surface area contributed by atoms with Crippen molar-refractivity contribution in [3.63, 3.8) is 0 Å². The number of hydrogen-bond donors (Lipinski definition) is 1. The van der Waals surface area contributed by atoms with Gasteiger partial charge in [-0.15, -0.1) is 0 Å². The molecule has 2 saturated carbocycles. The Morgan fingerprint density at radius 2 is 1.69 bits per heavy atom. The first-order valence-corrected chi connectivity index (χ1v) is 11.3. The van der Waals surface area contributed by atoms with E-state index in [0.29, 0.717) is 12.0 Å². The van der Waals surface area contributed by atoms with Crippen LogP contribution in [0.2, 0.25) is 0 Å². The van der Waals surface area contributed by atoms with Crippen molar-refractivity contribution in [3.8, 4) is 0 Å². The van der Waals surface area contributed by atoms with Crippen LogP contribution in [0.15, 0.2) is 24.3 Å². The van der Waals surface area contributed by atoms with Gasteiger partial charge in [-0.2, -0.15) is 0 Å². The van der Waals surface area contributed by atoms with Gasteiger partial charge in [0.15, 0.2) is 5.78 Å². The van der Waals surface area contributed by atoms with Gasteiger partial charge < -0.3 is 10.2 Å². The van der Waals surface area contributed by atoms with E-state index in [-0.39, 0.29) is 17.7 Å². The van der Waals surface area contributed by atoms with Gasteiger partial charge in [-0.1, -0.05) is 6.42 Å². The fraction of sp³-hybridized carbons (Fsp3) is 0.667. The third-order valence-electron chi connectivity index (χ3n) is 7.69. The van der Waals surface area contributed by atoms with E-state index in [1.807, 2.05) is 31.2 Å². The minimum Gasteiger partial charge on any atom is -0.369 e. The van der Waals surface area contributed by atoms with Gasteiger partial charge in [-0.3, -0.25) is 14.5 Å². The summed E-state index contributed by atoms with van der Waals surface area (Å²) in [5.41, 5.74) is 1.90. The number of nitrogens with one attached hydrogen (secondary N) is 1. The standard InChI is InChI=1S/C24H35N3O2/c1-16(23-15-19-4-5-21(23)14-19)25-24(29)17(2)26-10-12-27(13-11-26)22-8-6-20(7-9-22)18(3)28/h6-9,16-17,19,21,23H,4-5,10-15H2,1-3H3,(H,25,29)/t16-,17+,19-,21-,23+/m0/s1. The van der Waals surface area contributed by atoms with Crippen molar-refractivity contribution in [3.05, 3.63) is 29.8 Å². The Labute approximate surface area is 174 Å². The molecule has 0 unspecified atom stereocenters. The van der Waals surface area contributed by atoms with Crippen LogP contribution in [-0.4, -0.2) is 54.9 Å². The zero-order valence-electron chi connectivity index (χ0n) is 18.1. The topological polar surface area (TPSA) is 52.7 Å². The summed E-state index contributed by atoms with van der Waals surface area (Å²) in [5.74, 6) is 2.71. The Balaban J connectivity index is 1.26. The molecule has 1 heterocycles. The summed E-state index contributed by atoms with van der Waals surface area (Å²) in [6, 6.07) is 8.06. The highest BCUT2D eigenvalue weighted by Gasteiger charge is 2.42. The molecule has 4 rings (SSSR count). The van der Waals surface area contributed by atoms with Crippen molar-refractivity contribution < 1.29 is 9.59 Å². The molecule has 1 aliphatic heterocycles. The molecule has 2 bridgehead atoms. The molecule has 1 aromatic rings. The van der Waals surface area contributed by atoms with Crippen LogP contribution in [0.25, 0.3) is 0 Å². The second-order valence-electron chi connectivity index (χ2n) is 9.44. The molecule has 5 nitrogen and oxygen atoms in total. The average molecular weight is 398 g/mol. The molecule has 5 heteroatoms. The minimum absolute atomic E-state index is 0.0849. The molecule has 1 N–H and O–H groups in total. The number of benzene rings is 1. The van der Waals surface area contributed by atoms with Crippen LogP contribution in [0.4, 0.5) is 5.69 Å². The van der Waals surface area contributed by atoms with E-state index in [1.54, 1.807) is 6.92 Å². The first-order valence-electron chi connectivity index (χ1n) is 11.3. The lowest BCUT2D eigenvalue weighted by Crippen LogP contribution is -2.55. The van der Waals surface area contributed by atoms with Crippen molar-refractivity contribution in [2.45, 2.75) is 58.5 Å². The summed E-state index contributed by atoms with van der Waals surface area (Å²) in [6.07, 6.45) is 5.46. The van der Waals surface area contributed by atoms with Crippen LogP contribution < -0.4 is 10.2 Å². The lowest BCUT2D eigenvalue weighted by Gasteiger charge is -2.39. The zero-order valence-corrected chi connectivity index (χ0v) is 18.1. The van der Waals surface area contributed by atoms with Gasteiger partial charge in [-0.05, 0) is 82.1 Å². The fourth-order valence-corrected chi connectivity index (χ4v) is 5.80. The summed E-state index contributed by atoms with van der Waals surface area (Å²) in [4.78, 5) is 29.0. The van der Waals surface area contributed by atoms with Gasteiger partial charge in [0.25, 0.3) is 0 Å². The van der Waals surface area contributed by atoms with Gasteiger partial charge in [0.05, 0.1) is 6.04 Å². The summed E-state index contributed by atoms with van der Waals surface area (Å²) in [6.45, 7) is 9.41. The molecule has 158 valence electrons. The highest BCUT2D eigenvalue weighted by atomic mass is 16.2. The molecular weight excluding hydrogens is 362 g/mol. The number of ketones is 1. The van der Waals surface area contributed by atoms with Gasteiger partial charge in [0.1, 0.15) is 0 Å². The van der Waals surface area contributed by atoms with Gasteiger partial charge in [-0.25, -0.2) is 0 Å². The van der Waals surface area contributed by atoms with Gasteiger partial charge in [0.2, 0.25) is 5.91 Å². The van der Waals surface area contributed by atoms with Gasteiger partial charge >= 0.3 is 0 Å². The maximum atomic E-state index is 12.9. The largest absolute Gasteiger partial charge is 0.369 e. The molecule has 1 amide bonds. The van der Waals surface area contributed by atoms with E-state index in [9.17, 15) is 9.59 Å². The Morgan fingerprint density at radius 3 is 2.24 bits per heavy atom. The number of carbonyl (C=O) groups excluding carboxylic acids is 2. The van der Waals surface area contributed by atoms with Crippen molar-refractivity contribution in [2.75, 3.05) is 31.1 Å². The maximum absolute atomic E-state index is 12.9. The van der Waals surface area contributed by atoms with E-state index in [0.717, 1.165) is 49.3 Å². The lowest BCUT2D eigenvalue weighted by atomic mass is 9.84. The molecule has 0 spiro atoms. The lowest BCUT2D eigenvalue weighted by molar-refractivity contribution is -0.127. The molecule has 2 aliphatic carbocycles. The Hall–Kier alpha value is -1.88. The summed E-state index contributed by atoms with van der Waals surface area (Å²) in [5, 5.41) is 3.34. The molecule has 3 aliphatic rings. The zero-order chi connectivity index (χ0) is 20.5. The average Bonchev–Trinajstić information content (AvgIpc) is 3.37. The predicted molar refractivity (Wildman–Crippen MR) is 116 cm³/mol. The Morgan fingerprint density at radius 1 is 1.00 bits per heavy atom. The van der Waals surface area contributed by atoms with Crippen molar-refractivity contribution >= 4 is 17.4 Å². The smallest absolute Gasteiger partial charge is 0.237 e. The van der Waals surface area contributed by atoms with E-state index < -0.39 is 0 Å². The minimum atomic E-state index is -0.0849. The van der Waals surface area contributed by atoms with Crippen molar-refractivity contribution in [2.24, 2.45) is 17.8 Å². The van der Waals surface area contributed by atoms with E-state index >= 15 is 0 Å². The third-order valence-corrected chi connectivity index (χ3v) is 7.69. The number of anilines is 1. The molecule has 1 saturated heterocycles. The SMILES string of the molecule is CC(=O)c1ccc(N2CCN([C@H](C)C(=O)N[C@@H](C)[C@H]3C[C@H]4CC[C@H]3C4)CC2)cc1. The Kier molecular flexibility index (Phi) is 5.95.